The van der Waals surface area contributed by atoms with E-state index in [1.54, 1.807) is 26.0 Å². The van der Waals surface area contributed by atoms with Crippen LogP contribution in [0.2, 0.25) is 0 Å². The van der Waals surface area contributed by atoms with Crippen molar-refractivity contribution >= 4 is 33.4 Å². The first-order valence-corrected chi connectivity index (χ1v) is 12.2. The number of ether oxygens (including phenoxy) is 3. The second-order valence-electron chi connectivity index (χ2n) is 7.22. The van der Waals surface area contributed by atoms with Crippen molar-refractivity contribution in [2.75, 3.05) is 25.3 Å². The summed E-state index contributed by atoms with van der Waals surface area (Å²) in [6.07, 6.45) is 2.90. The average Bonchev–Trinajstić information content (AvgIpc) is 2.97. The third-order valence-electron chi connectivity index (χ3n) is 5.07. The van der Waals surface area contributed by atoms with E-state index in [1.165, 1.54) is 12.8 Å². The predicted octanol–water partition coefficient (Wildman–Crippen LogP) is 6.10. The molecule has 7 nitrogen and oxygen atoms in total. The molecule has 1 N–H and O–H groups in total. The van der Waals surface area contributed by atoms with E-state index in [0.717, 1.165) is 33.5 Å². The van der Waals surface area contributed by atoms with Gasteiger partial charge in [-0.1, -0.05) is 65.7 Å². The van der Waals surface area contributed by atoms with Crippen LogP contribution in [0.25, 0.3) is 11.3 Å². The molecule has 2 aromatic carbocycles. The lowest BCUT2D eigenvalue weighted by Crippen LogP contribution is -2.18. The zero-order chi connectivity index (χ0) is 22.5. The minimum atomic E-state index is -0.576. The number of thioether (sulfide) groups is 1. The standard InChI is InChI=1S/C23H25BrN4O3S/c1-4-5-8-11-32-23-26-22-19(27-28-23)15-9-6-7-10-17(15)25-21(31-22)16-12-14(24)13-18(29-2)20(16)30-3/h6-7,9-10,12-13,21,25H,4-5,8,11H2,1-3H3/t21-/m1/s1. The third kappa shape index (κ3) is 4.78. The lowest BCUT2D eigenvalue weighted by atomic mass is 10.1. The van der Waals surface area contributed by atoms with Crippen molar-refractivity contribution in [2.24, 2.45) is 0 Å². The van der Waals surface area contributed by atoms with Gasteiger partial charge in [0.1, 0.15) is 0 Å². The molecule has 1 atom stereocenters. The first-order chi connectivity index (χ1) is 15.6. The van der Waals surface area contributed by atoms with E-state index in [0.29, 0.717) is 28.2 Å². The normalized spacial score (nSPS) is 14.4. The molecule has 0 fully saturated rings. The fourth-order valence-electron chi connectivity index (χ4n) is 3.52. The molecule has 0 radical (unpaired) electrons. The molecular weight excluding hydrogens is 492 g/mol. The van der Waals surface area contributed by atoms with Gasteiger partial charge in [0.25, 0.3) is 0 Å². The first-order valence-electron chi connectivity index (χ1n) is 10.5. The highest BCUT2D eigenvalue weighted by Gasteiger charge is 2.29. The van der Waals surface area contributed by atoms with Gasteiger partial charge >= 0.3 is 0 Å². The van der Waals surface area contributed by atoms with Crippen molar-refractivity contribution in [3.63, 3.8) is 0 Å². The van der Waals surface area contributed by atoms with Crippen LogP contribution in [0.1, 0.15) is 38.0 Å². The summed E-state index contributed by atoms with van der Waals surface area (Å²) in [5.41, 5.74) is 3.14. The smallest absolute Gasteiger partial charge is 0.247 e. The fourth-order valence-corrected chi connectivity index (χ4v) is 4.75. The van der Waals surface area contributed by atoms with E-state index in [1.807, 2.05) is 36.4 Å². The monoisotopic (exact) mass is 516 g/mol. The van der Waals surface area contributed by atoms with Gasteiger partial charge in [-0.25, -0.2) is 0 Å². The molecule has 1 aliphatic rings. The van der Waals surface area contributed by atoms with E-state index in [2.05, 4.69) is 38.4 Å². The lowest BCUT2D eigenvalue weighted by molar-refractivity contribution is 0.218. The summed E-state index contributed by atoms with van der Waals surface area (Å²) < 4.78 is 18.4. The molecule has 4 rings (SSSR count). The van der Waals surface area contributed by atoms with Crippen molar-refractivity contribution in [3.8, 4) is 28.6 Å². The van der Waals surface area contributed by atoms with E-state index in [4.69, 9.17) is 19.2 Å². The van der Waals surface area contributed by atoms with E-state index in [9.17, 15) is 0 Å². The third-order valence-corrected chi connectivity index (χ3v) is 6.45. The number of halogens is 1. The zero-order valence-corrected chi connectivity index (χ0v) is 20.6. The zero-order valence-electron chi connectivity index (χ0n) is 18.2. The molecule has 3 aromatic rings. The highest BCUT2D eigenvalue weighted by molar-refractivity contribution is 9.10. The molecule has 168 valence electrons. The van der Waals surface area contributed by atoms with Crippen molar-refractivity contribution in [2.45, 2.75) is 37.6 Å². The van der Waals surface area contributed by atoms with Gasteiger partial charge in [0.15, 0.2) is 17.2 Å². The highest BCUT2D eigenvalue weighted by atomic mass is 79.9. The summed E-state index contributed by atoms with van der Waals surface area (Å²) >= 11 is 5.16. The maximum atomic E-state index is 6.40. The summed E-state index contributed by atoms with van der Waals surface area (Å²) in [5.74, 6) is 2.57. The number of hydrogen-bond donors (Lipinski definition) is 1. The Bertz CT molecular complexity index is 1100. The SMILES string of the molecule is CCCCCSc1nnc2c(n1)O[C@H](c1cc(Br)cc(OC)c1OC)Nc1ccccc1-2. The number of rotatable bonds is 8. The van der Waals surface area contributed by atoms with Gasteiger partial charge in [0.05, 0.1) is 19.8 Å². The summed E-state index contributed by atoms with van der Waals surface area (Å²) in [7, 11) is 3.22. The second-order valence-corrected chi connectivity index (χ2v) is 9.20. The summed E-state index contributed by atoms with van der Waals surface area (Å²) in [5, 5.41) is 12.9. The molecule has 0 unspecified atom stereocenters. The van der Waals surface area contributed by atoms with Crippen molar-refractivity contribution in [1.82, 2.24) is 15.2 Å². The van der Waals surface area contributed by atoms with Gasteiger partial charge < -0.3 is 19.5 Å². The van der Waals surface area contributed by atoms with Crippen molar-refractivity contribution in [1.29, 1.82) is 0 Å². The Kier molecular flexibility index (Phi) is 7.36. The number of hydrogen-bond acceptors (Lipinski definition) is 8. The molecule has 2 heterocycles. The molecule has 1 aromatic heterocycles. The Hall–Kier alpha value is -2.52. The number of anilines is 1. The fraction of sp³-hybridized carbons (Fsp3) is 0.348. The number of nitrogens with zero attached hydrogens (tertiary/aromatic N) is 3. The number of unbranched alkanes of at least 4 members (excludes halogenated alkanes) is 2. The molecule has 1 aliphatic heterocycles. The molecule has 0 saturated carbocycles. The number of benzene rings is 2. The Morgan fingerprint density at radius 2 is 1.97 bits per heavy atom. The first kappa shape index (κ1) is 22.7. The number of methoxy groups -OCH3 is 2. The van der Waals surface area contributed by atoms with E-state index in [-0.39, 0.29) is 0 Å². The van der Waals surface area contributed by atoms with E-state index >= 15 is 0 Å². The molecule has 0 bridgehead atoms. The minimum Gasteiger partial charge on any atom is -0.493 e. The van der Waals surface area contributed by atoms with Crippen LogP contribution in [-0.2, 0) is 0 Å². The second kappa shape index (κ2) is 10.4. The van der Waals surface area contributed by atoms with Gasteiger partial charge in [0, 0.05) is 21.5 Å². The highest BCUT2D eigenvalue weighted by Crippen LogP contribution is 2.44. The molecule has 0 amide bonds. The predicted molar refractivity (Wildman–Crippen MR) is 130 cm³/mol. The van der Waals surface area contributed by atoms with E-state index < -0.39 is 6.23 Å². The van der Waals surface area contributed by atoms with Gasteiger partial charge in [0.2, 0.25) is 17.3 Å². The summed E-state index contributed by atoms with van der Waals surface area (Å²) in [6, 6.07) is 11.7. The Labute approximate surface area is 200 Å². The molecule has 9 heteroatoms. The quantitative estimate of drug-likeness (QED) is 0.284. The molecule has 0 spiro atoms. The van der Waals surface area contributed by atoms with Crippen LogP contribution in [0, 0.1) is 0 Å². The van der Waals surface area contributed by atoms with Crippen LogP contribution in [0.4, 0.5) is 5.69 Å². The molecular formula is C23H25BrN4O3S. The minimum absolute atomic E-state index is 0.432. The van der Waals surface area contributed by atoms with Gasteiger partial charge in [-0.2, -0.15) is 4.98 Å². The Balaban J connectivity index is 1.76. The van der Waals surface area contributed by atoms with Gasteiger partial charge in [-0.3, -0.25) is 0 Å². The number of nitrogens with one attached hydrogen (secondary N) is 1. The van der Waals surface area contributed by atoms with Crippen LogP contribution >= 0.6 is 27.7 Å². The van der Waals surface area contributed by atoms with Crippen LogP contribution in [0.3, 0.4) is 0 Å². The van der Waals surface area contributed by atoms with Crippen molar-refractivity contribution < 1.29 is 14.2 Å². The number of fused-ring (bicyclic) bond motifs is 3. The average molecular weight is 517 g/mol. The topological polar surface area (TPSA) is 78.4 Å². The van der Waals surface area contributed by atoms with Crippen LogP contribution in [0.15, 0.2) is 46.0 Å². The lowest BCUT2D eigenvalue weighted by Gasteiger charge is -2.22. The summed E-state index contributed by atoms with van der Waals surface area (Å²) in [6.45, 7) is 2.19. The van der Waals surface area contributed by atoms with Gasteiger partial charge in [-0.15, -0.1) is 10.2 Å². The molecule has 0 aliphatic carbocycles. The van der Waals surface area contributed by atoms with Gasteiger partial charge in [-0.05, 0) is 24.6 Å². The number of para-hydroxylation sites is 1. The maximum absolute atomic E-state index is 6.40. The Morgan fingerprint density at radius 1 is 1.12 bits per heavy atom. The maximum Gasteiger partial charge on any atom is 0.247 e. The van der Waals surface area contributed by atoms with Crippen LogP contribution < -0.4 is 19.5 Å². The number of aromatic nitrogens is 3. The molecule has 0 saturated heterocycles. The van der Waals surface area contributed by atoms with Crippen LogP contribution in [0.5, 0.6) is 17.4 Å². The van der Waals surface area contributed by atoms with Crippen LogP contribution in [-0.4, -0.2) is 35.2 Å². The largest absolute Gasteiger partial charge is 0.493 e. The summed E-state index contributed by atoms with van der Waals surface area (Å²) in [4.78, 5) is 4.71. The molecule has 32 heavy (non-hydrogen) atoms. The van der Waals surface area contributed by atoms with Crippen molar-refractivity contribution in [3.05, 3.63) is 46.4 Å². The Morgan fingerprint density at radius 3 is 2.75 bits per heavy atom.